The van der Waals surface area contributed by atoms with E-state index in [-0.39, 0.29) is 0 Å². The van der Waals surface area contributed by atoms with Gasteiger partial charge in [0.25, 0.3) is 0 Å². The number of allylic oxidation sites excluding steroid dienone is 2. The molecule has 1 unspecified atom stereocenters. The molecular formula is C13H21N. The number of hydrogen-bond acceptors (Lipinski definition) is 1. The molecule has 0 bridgehead atoms. The van der Waals surface area contributed by atoms with Crippen molar-refractivity contribution in [1.29, 1.82) is 0 Å². The van der Waals surface area contributed by atoms with Gasteiger partial charge in [-0.05, 0) is 52.3 Å². The Morgan fingerprint density at radius 1 is 1.43 bits per heavy atom. The Kier molecular flexibility index (Phi) is 4.76. The van der Waals surface area contributed by atoms with E-state index in [4.69, 9.17) is 0 Å². The van der Waals surface area contributed by atoms with Crippen LogP contribution in [0.2, 0.25) is 0 Å². The third kappa shape index (κ3) is 3.98. The lowest BCUT2D eigenvalue weighted by molar-refractivity contribution is 0.319. The monoisotopic (exact) mass is 191 g/mol. The second kappa shape index (κ2) is 5.88. The summed E-state index contributed by atoms with van der Waals surface area (Å²) < 4.78 is 0. The Balaban J connectivity index is 2.35. The molecule has 1 heteroatoms. The highest BCUT2D eigenvalue weighted by molar-refractivity contribution is 5.29. The number of rotatable bonds is 2. The minimum Gasteiger partial charge on any atom is -0.306 e. The molecule has 0 saturated carbocycles. The van der Waals surface area contributed by atoms with Crippen LogP contribution in [-0.2, 0) is 0 Å². The maximum Gasteiger partial charge on any atom is 0.0246 e. The van der Waals surface area contributed by atoms with Crippen LogP contribution in [0, 0.1) is 11.8 Å². The Morgan fingerprint density at radius 3 is 2.79 bits per heavy atom. The van der Waals surface area contributed by atoms with Crippen LogP contribution in [0.4, 0.5) is 0 Å². The van der Waals surface area contributed by atoms with Crippen LogP contribution < -0.4 is 0 Å². The summed E-state index contributed by atoms with van der Waals surface area (Å²) in [6, 6.07) is 0.562. The molecule has 0 heterocycles. The molecule has 0 N–H and O–H groups in total. The maximum atomic E-state index is 3.29. The third-order valence-electron chi connectivity index (χ3n) is 2.82. The Morgan fingerprint density at radius 2 is 2.21 bits per heavy atom. The van der Waals surface area contributed by atoms with E-state index < -0.39 is 0 Å². The maximum absolute atomic E-state index is 3.29. The van der Waals surface area contributed by atoms with Crippen LogP contribution in [0.25, 0.3) is 0 Å². The molecular weight excluding hydrogens is 170 g/mol. The molecule has 1 atom stereocenters. The van der Waals surface area contributed by atoms with E-state index in [2.05, 4.69) is 43.8 Å². The standard InChI is InChI=1S/C13H21N/c1-12(14(2)3)8-7-11-13-9-5-4-6-10-13/h9,12H,4-6,8,10H2,1-3H3. The van der Waals surface area contributed by atoms with Gasteiger partial charge in [-0.1, -0.05) is 17.9 Å². The number of hydrogen-bond donors (Lipinski definition) is 0. The van der Waals surface area contributed by atoms with Gasteiger partial charge in [-0.15, -0.1) is 0 Å². The van der Waals surface area contributed by atoms with Crippen molar-refractivity contribution in [3.8, 4) is 11.8 Å². The molecule has 1 rings (SSSR count). The summed E-state index contributed by atoms with van der Waals surface area (Å²) in [6.45, 7) is 2.21. The second-order valence-electron chi connectivity index (χ2n) is 4.29. The lowest BCUT2D eigenvalue weighted by Crippen LogP contribution is -2.23. The fourth-order valence-electron chi connectivity index (χ4n) is 1.45. The highest BCUT2D eigenvalue weighted by Crippen LogP contribution is 2.16. The van der Waals surface area contributed by atoms with Crippen molar-refractivity contribution >= 4 is 0 Å². The van der Waals surface area contributed by atoms with Gasteiger partial charge in [0.15, 0.2) is 0 Å². The minimum atomic E-state index is 0.562. The minimum absolute atomic E-state index is 0.562. The average Bonchev–Trinajstić information content (AvgIpc) is 2.19. The van der Waals surface area contributed by atoms with E-state index in [0.717, 1.165) is 6.42 Å². The molecule has 78 valence electrons. The van der Waals surface area contributed by atoms with E-state index in [0.29, 0.717) is 6.04 Å². The van der Waals surface area contributed by atoms with Gasteiger partial charge < -0.3 is 4.90 Å². The Labute approximate surface area is 88.2 Å². The number of nitrogens with zero attached hydrogens (tertiary/aromatic N) is 1. The Hall–Kier alpha value is -0.740. The largest absolute Gasteiger partial charge is 0.306 e. The van der Waals surface area contributed by atoms with Crippen molar-refractivity contribution in [2.45, 2.75) is 45.1 Å². The van der Waals surface area contributed by atoms with Crippen molar-refractivity contribution < 1.29 is 0 Å². The zero-order valence-corrected chi connectivity index (χ0v) is 9.64. The van der Waals surface area contributed by atoms with Gasteiger partial charge in [-0.2, -0.15) is 0 Å². The molecule has 1 aliphatic carbocycles. The van der Waals surface area contributed by atoms with Gasteiger partial charge in [0, 0.05) is 12.5 Å². The van der Waals surface area contributed by atoms with Crippen molar-refractivity contribution in [3.05, 3.63) is 11.6 Å². The van der Waals surface area contributed by atoms with Crippen LogP contribution in [0.3, 0.4) is 0 Å². The molecule has 0 aromatic rings. The summed E-state index contributed by atoms with van der Waals surface area (Å²) in [5.74, 6) is 6.57. The van der Waals surface area contributed by atoms with Gasteiger partial charge in [0.2, 0.25) is 0 Å². The molecule has 1 aliphatic rings. The van der Waals surface area contributed by atoms with Crippen molar-refractivity contribution in [2.75, 3.05) is 14.1 Å². The van der Waals surface area contributed by atoms with Crippen LogP contribution in [0.15, 0.2) is 11.6 Å². The van der Waals surface area contributed by atoms with Crippen LogP contribution in [-0.4, -0.2) is 25.0 Å². The van der Waals surface area contributed by atoms with Crippen LogP contribution >= 0.6 is 0 Å². The second-order valence-corrected chi connectivity index (χ2v) is 4.29. The third-order valence-corrected chi connectivity index (χ3v) is 2.82. The fraction of sp³-hybridized carbons (Fsp3) is 0.692. The zero-order chi connectivity index (χ0) is 10.4. The van der Waals surface area contributed by atoms with E-state index in [1.165, 1.54) is 31.3 Å². The highest BCUT2D eigenvalue weighted by atomic mass is 15.1. The van der Waals surface area contributed by atoms with Gasteiger partial charge in [0.1, 0.15) is 0 Å². The Bertz CT molecular complexity index is 252. The van der Waals surface area contributed by atoms with Crippen LogP contribution in [0.5, 0.6) is 0 Å². The smallest absolute Gasteiger partial charge is 0.0246 e. The molecule has 0 saturated heterocycles. The predicted octanol–water partition coefficient (Wildman–Crippen LogP) is 2.83. The van der Waals surface area contributed by atoms with E-state index in [1.807, 2.05) is 0 Å². The lowest BCUT2D eigenvalue weighted by Gasteiger charge is -2.16. The first-order valence-electron chi connectivity index (χ1n) is 5.54. The van der Waals surface area contributed by atoms with E-state index in [1.54, 1.807) is 0 Å². The van der Waals surface area contributed by atoms with Crippen molar-refractivity contribution in [2.24, 2.45) is 0 Å². The summed E-state index contributed by atoms with van der Waals surface area (Å²) in [5, 5.41) is 0. The molecule has 0 radical (unpaired) electrons. The molecule has 0 amide bonds. The van der Waals surface area contributed by atoms with Gasteiger partial charge >= 0.3 is 0 Å². The van der Waals surface area contributed by atoms with E-state index in [9.17, 15) is 0 Å². The van der Waals surface area contributed by atoms with E-state index >= 15 is 0 Å². The molecule has 1 nitrogen and oxygen atoms in total. The first-order chi connectivity index (χ1) is 6.70. The molecule has 14 heavy (non-hydrogen) atoms. The summed E-state index contributed by atoms with van der Waals surface area (Å²) in [4.78, 5) is 2.21. The van der Waals surface area contributed by atoms with Gasteiger partial charge in [0.05, 0.1) is 0 Å². The highest BCUT2D eigenvalue weighted by Gasteiger charge is 2.02. The van der Waals surface area contributed by atoms with Crippen molar-refractivity contribution in [1.82, 2.24) is 4.90 Å². The summed E-state index contributed by atoms with van der Waals surface area (Å²) in [5.41, 5.74) is 1.36. The van der Waals surface area contributed by atoms with Crippen LogP contribution in [0.1, 0.15) is 39.0 Å². The first-order valence-corrected chi connectivity index (χ1v) is 5.54. The molecule has 0 fully saturated rings. The van der Waals surface area contributed by atoms with Gasteiger partial charge in [-0.25, -0.2) is 0 Å². The summed E-state index contributed by atoms with van der Waals surface area (Å²) in [7, 11) is 4.21. The molecule has 0 aromatic carbocycles. The molecule has 0 spiro atoms. The first kappa shape index (κ1) is 11.3. The van der Waals surface area contributed by atoms with Gasteiger partial charge in [-0.3, -0.25) is 0 Å². The fourth-order valence-corrected chi connectivity index (χ4v) is 1.45. The van der Waals surface area contributed by atoms with Crippen molar-refractivity contribution in [3.63, 3.8) is 0 Å². The molecule has 0 aromatic heterocycles. The quantitative estimate of drug-likeness (QED) is 0.607. The molecule has 0 aliphatic heterocycles. The predicted molar refractivity (Wildman–Crippen MR) is 62.1 cm³/mol. The lowest BCUT2D eigenvalue weighted by atomic mass is 10.00. The topological polar surface area (TPSA) is 3.24 Å². The SMILES string of the molecule is CC(CC#CC1=CCCCC1)N(C)C. The zero-order valence-electron chi connectivity index (χ0n) is 9.64. The summed E-state index contributed by atoms with van der Waals surface area (Å²) in [6.07, 6.45) is 8.38. The average molecular weight is 191 g/mol. The normalized spacial score (nSPS) is 18.4. The summed E-state index contributed by atoms with van der Waals surface area (Å²) >= 11 is 0.